The molecule has 1 amide bonds. The summed E-state index contributed by atoms with van der Waals surface area (Å²) in [5.74, 6) is 0.341. The maximum Gasteiger partial charge on any atom is 0.243 e. The third-order valence-electron chi connectivity index (χ3n) is 3.04. The quantitative estimate of drug-likeness (QED) is 0.746. The van der Waals surface area contributed by atoms with Crippen LogP contribution in [0.1, 0.15) is 18.9 Å². The van der Waals surface area contributed by atoms with Crippen LogP contribution in [0.4, 0.5) is 5.95 Å². The summed E-state index contributed by atoms with van der Waals surface area (Å²) in [7, 11) is 0. The number of carbonyl (C=O) groups is 1. The van der Waals surface area contributed by atoms with Gasteiger partial charge in [0.1, 0.15) is 11.6 Å². The van der Waals surface area contributed by atoms with Gasteiger partial charge in [0, 0.05) is 12.7 Å². The van der Waals surface area contributed by atoms with Crippen molar-refractivity contribution in [3.63, 3.8) is 0 Å². The lowest BCUT2D eigenvalue weighted by Gasteiger charge is -2.23. The molecule has 3 heterocycles. The van der Waals surface area contributed by atoms with Crippen LogP contribution in [0.2, 0.25) is 0 Å². The molecular weight excluding hydrogens is 218 g/mol. The zero-order valence-electron chi connectivity index (χ0n) is 9.26. The number of carbonyl (C=O) groups excluding carboxylic acids is 1. The number of aromatic nitrogens is 3. The second kappa shape index (κ2) is 3.73. The van der Waals surface area contributed by atoms with E-state index in [1.165, 1.54) is 0 Å². The largest absolute Gasteiger partial charge is 0.369 e. The van der Waals surface area contributed by atoms with Crippen molar-refractivity contribution in [2.75, 3.05) is 12.3 Å². The van der Waals surface area contributed by atoms with Crippen LogP contribution in [0, 0.1) is 0 Å². The number of rotatable bonds is 1. The zero-order chi connectivity index (χ0) is 11.8. The molecule has 6 heteroatoms. The topological polar surface area (TPSA) is 85.8 Å². The number of nitrogen functional groups attached to an aromatic ring is 1. The van der Waals surface area contributed by atoms with Gasteiger partial charge < -0.3 is 11.1 Å². The number of amides is 1. The number of nitrogens with one attached hydrogen (secondary N) is 1. The van der Waals surface area contributed by atoms with Crippen molar-refractivity contribution in [3.05, 3.63) is 18.3 Å². The first-order valence-corrected chi connectivity index (χ1v) is 5.63. The standard InChI is InChI=1S/C11H13N5O/c12-11-15-7-3-1-5-13-9(7)16(11)8-4-2-6-14-10(8)17/h1,3,5,8H,2,4,6H2,(H2,12,15)(H,14,17). The van der Waals surface area contributed by atoms with Gasteiger partial charge in [0.05, 0.1) is 0 Å². The predicted octanol–water partition coefficient (Wildman–Crippen LogP) is 0.465. The fraction of sp³-hybridized carbons (Fsp3) is 0.364. The Kier molecular flexibility index (Phi) is 2.21. The summed E-state index contributed by atoms with van der Waals surface area (Å²) in [4.78, 5) is 20.3. The summed E-state index contributed by atoms with van der Waals surface area (Å²) < 4.78 is 1.73. The van der Waals surface area contributed by atoms with Crippen LogP contribution in [0.3, 0.4) is 0 Å². The summed E-state index contributed by atoms with van der Waals surface area (Å²) in [6, 6.07) is 3.36. The Morgan fingerprint density at radius 3 is 3.24 bits per heavy atom. The first kappa shape index (κ1) is 10.1. The molecule has 88 valence electrons. The normalized spacial score (nSPS) is 20.5. The molecule has 3 rings (SSSR count). The Bertz CT molecular complexity index is 576. The van der Waals surface area contributed by atoms with E-state index in [2.05, 4.69) is 15.3 Å². The highest BCUT2D eigenvalue weighted by atomic mass is 16.2. The number of fused-ring (bicyclic) bond motifs is 1. The molecule has 0 radical (unpaired) electrons. The number of imidazole rings is 1. The fourth-order valence-corrected chi connectivity index (χ4v) is 2.26. The van der Waals surface area contributed by atoms with E-state index < -0.39 is 0 Å². The van der Waals surface area contributed by atoms with Gasteiger partial charge in [0.2, 0.25) is 11.9 Å². The average Bonchev–Trinajstić information content (AvgIpc) is 2.66. The lowest BCUT2D eigenvalue weighted by Crippen LogP contribution is -2.38. The van der Waals surface area contributed by atoms with E-state index in [0.29, 0.717) is 11.6 Å². The predicted molar refractivity (Wildman–Crippen MR) is 63.2 cm³/mol. The number of anilines is 1. The SMILES string of the molecule is Nc1nc2cccnc2n1C1CCCNC1=O. The van der Waals surface area contributed by atoms with E-state index in [1.807, 2.05) is 6.07 Å². The van der Waals surface area contributed by atoms with Crippen LogP contribution in [-0.4, -0.2) is 27.0 Å². The number of piperidine rings is 1. The van der Waals surface area contributed by atoms with Crippen molar-refractivity contribution < 1.29 is 4.79 Å². The minimum Gasteiger partial charge on any atom is -0.369 e. The molecule has 0 bridgehead atoms. The van der Waals surface area contributed by atoms with Crippen LogP contribution in [-0.2, 0) is 4.79 Å². The van der Waals surface area contributed by atoms with Gasteiger partial charge >= 0.3 is 0 Å². The van der Waals surface area contributed by atoms with Gasteiger partial charge in [-0.2, -0.15) is 0 Å². The second-order valence-electron chi connectivity index (χ2n) is 4.14. The summed E-state index contributed by atoms with van der Waals surface area (Å²) in [5, 5.41) is 2.84. The molecule has 3 N–H and O–H groups in total. The van der Waals surface area contributed by atoms with Crippen molar-refractivity contribution in [1.29, 1.82) is 0 Å². The third kappa shape index (κ3) is 1.52. The average molecular weight is 231 g/mol. The second-order valence-corrected chi connectivity index (χ2v) is 4.14. The minimum atomic E-state index is -0.288. The van der Waals surface area contributed by atoms with Gasteiger partial charge in [0.15, 0.2) is 5.65 Å². The number of nitrogens with zero attached hydrogens (tertiary/aromatic N) is 3. The zero-order valence-corrected chi connectivity index (χ0v) is 9.26. The molecule has 2 aromatic heterocycles. The van der Waals surface area contributed by atoms with E-state index in [0.717, 1.165) is 24.9 Å². The van der Waals surface area contributed by atoms with Crippen molar-refractivity contribution in [2.45, 2.75) is 18.9 Å². The highest BCUT2D eigenvalue weighted by Crippen LogP contribution is 2.25. The summed E-state index contributed by atoms with van der Waals surface area (Å²) in [6.45, 7) is 0.731. The minimum absolute atomic E-state index is 0.00657. The highest BCUT2D eigenvalue weighted by Gasteiger charge is 2.27. The monoisotopic (exact) mass is 231 g/mol. The van der Waals surface area contributed by atoms with Gasteiger partial charge in [-0.3, -0.25) is 9.36 Å². The lowest BCUT2D eigenvalue weighted by atomic mass is 10.1. The molecule has 1 unspecified atom stereocenters. The van der Waals surface area contributed by atoms with Gasteiger partial charge in [0.25, 0.3) is 0 Å². The Balaban J connectivity index is 2.15. The molecule has 1 atom stereocenters. The van der Waals surface area contributed by atoms with Crippen LogP contribution < -0.4 is 11.1 Å². The molecule has 0 saturated carbocycles. The molecule has 0 spiro atoms. The number of pyridine rings is 1. The molecule has 1 saturated heterocycles. The van der Waals surface area contributed by atoms with Crippen molar-refractivity contribution >= 4 is 23.0 Å². The summed E-state index contributed by atoms with van der Waals surface area (Å²) in [5.41, 5.74) is 7.28. The first-order valence-electron chi connectivity index (χ1n) is 5.63. The van der Waals surface area contributed by atoms with E-state index in [9.17, 15) is 4.79 Å². The van der Waals surface area contributed by atoms with Crippen LogP contribution in [0.5, 0.6) is 0 Å². The molecule has 1 aliphatic rings. The van der Waals surface area contributed by atoms with Gasteiger partial charge in [-0.25, -0.2) is 9.97 Å². The van der Waals surface area contributed by atoms with Crippen LogP contribution in [0.15, 0.2) is 18.3 Å². The maximum atomic E-state index is 11.8. The smallest absolute Gasteiger partial charge is 0.243 e. The number of hydrogen-bond acceptors (Lipinski definition) is 4. The van der Waals surface area contributed by atoms with E-state index in [1.54, 1.807) is 16.8 Å². The molecular formula is C11H13N5O. The molecule has 2 aromatic rings. The van der Waals surface area contributed by atoms with E-state index >= 15 is 0 Å². The van der Waals surface area contributed by atoms with Gasteiger partial charge in [-0.1, -0.05) is 0 Å². The Morgan fingerprint density at radius 1 is 1.53 bits per heavy atom. The molecule has 0 aromatic carbocycles. The Hall–Kier alpha value is -2.11. The first-order chi connectivity index (χ1) is 8.27. The van der Waals surface area contributed by atoms with Crippen molar-refractivity contribution in [3.8, 4) is 0 Å². The molecule has 1 fully saturated rings. The van der Waals surface area contributed by atoms with Crippen LogP contribution >= 0.6 is 0 Å². The summed E-state index contributed by atoms with van der Waals surface area (Å²) >= 11 is 0. The van der Waals surface area contributed by atoms with E-state index in [4.69, 9.17) is 5.73 Å². The highest BCUT2D eigenvalue weighted by molar-refractivity contribution is 5.84. The van der Waals surface area contributed by atoms with Crippen molar-refractivity contribution in [1.82, 2.24) is 19.9 Å². The fourth-order valence-electron chi connectivity index (χ4n) is 2.26. The summed E-state index contributed by atoms with van der Waals surface area (Å²) in [6.07, 6.45) is 3.40. The third-order valence-corrected chi connectivity index (χ3v) is 3.04. The molecule has 6 nitrogen and oxygen atoms in total. The van der Waals surface area contributed by atoms with Gasteiger partial charge in [-0.05, 0) is 25.0 Å². The maximum absolute atomic E-state index is 11.8. The Labute approximate surface area is 97.8 Å². The van der Waals surface area contributed by atoms with Gasteiger partial charge in [-0.15, -0.1) is 0 Å². The molecule has 0 aliphatic carbocycles. The lowest BCUT2D eigenvalue weighted by molar-refractivity contribution is -0.125. The van der Waals surface area contributed by atoms with Crippen molar-refractivity contribution in [2.24, 2.45) is 0 Å². The van der Waals surface area contributed by atoms with E-state index in [-0.39, 0.29) is 11.9 Å². The molecule has 1 aliphatic heterocycles. The number of hydrogen-bond donors (Lipinski definition) is 2. The molecule has 17 heavy (non-hydrogen) atoms. The number of nitrogens with two attached hydrogens (primary N) is 1. The van der Waals surface area contributed by atoms with Crippen LogP contribution in [0.25, 0.3) is 11.2 Å². The Morgan fingerprint density at radius 2 is 2.41 bits per heavy atom.